The molecular formula is C8H6N2O2S. The van der Waals surface area contributed by atoms with Crippen LogP contribution < -0.4 is 0 Å². The summed E-state index contributed by atoms with van der Waals surface area (Å²) in [5.41, 5.74) is 0.380. The van der Waals surface area contributed by atoms with Crippen LogP contribution in [-0.2, 0) is 4.74 Å². The number of rotatable bonds is 2. The van der Waals surface area contributed by atoms with Crippen LogP contribution in [0.25, 0.3) is 0 Å². The van der Waals surface area contributed by atoms with E-state index in [2.05, 4.69) is 32.1 Å². The third-order valence-electron chi connectivity index (χ3n) is 1.33. The van der Waals surface area contributed by atoms with Gasteiger partial charge in [-0.1, -0.05) is 0 Å². The molecule has 0 amide bonds. The van der Waals surface area contributed by atoms with Crippen molar-refractivity contribution in [2.75, 3.05) is 7.11 Å². The Morgan fingerprint density at radius 3 is 2.92 bits per heavy atom. The van der Waals surface area contributed by atoms with Crippen molar-refractivity contribution in [3.05, 3.63) is 23.9 Å². The maximum Gasteiger partial charge on any atom is 0.339 e. The maximum atomic E-state index is 11.0. The molecule has 0 bridgehead atoms. The number of thiocarbonyl (C=S) groups is 1. The van der Waals surface area contributed by atoms with Gasteiger partial charge in [-0.2, -0.15) is 4.99 Å². The Bertz CT molecular complexity index is 355. The summed E-state index contributed by atoms with van der Waals surface area (Å²) in [6.07, 6.45) is 1.37. The van der Waals surface area contributed by atoms with E-state index in [4.69, 9.17) is 0 Å². The quantitative estimate of drug-likeness (QED) is 0.407. The van der Waals surface area contributed by atoms with E-state index in [1.54, 1.807) is 12.1 Å². The fourth-order valence-corrected chi connectivity index (χ4v) is 0.831. The number of carbonyl (C=O) groups is 1. The van der Waals surface area contributed by atoms with Crippen LogP contribution in [0.15, 0.2) is 23.3 Å². The molecule has 1 rings (SSSR count). The highest BCUT2D eigenvalue weighted by Gasteiger charge is 2.04. The molecule has 0 atom stereocenters. The van der Waals surface area contributed by atoms with Gasteiger partial charge >= 0.3 is 5.97 Å². The Labute approximate surface area is 80.3 Å². The Kier molecular flexibility index (Phi) is 3.25. The Hall–Kier alpha value is -1.58. The second-order valence-electron chi connectivity index (χ2n) is 2.10. The van der Waals surface area contributed by atoms with Crippen LogP contribution in [0.5, 0.6) is 0 Å². The highest BCUT2D eigenvalue weighted by Crippen LogP contribution is 2.08. The molecule has 0 aliphatic carbocycles. The number of isothiocyanates is 1. The van der Waals surface area contributed by atoms with Crippen LogP contribution >= 0.6 is 12.2 Å². The average molecular weight is 194 g/mol. The molecule has 0 saturated carbocycles. The van der Waals surface area contributed by atoms with Gasteiger partial charge in [0.25, 0.3) is 0 Å². The first-order chi connectivity index (χ1) is 6.27. The van der Waals surface area contributed by atoms with E-state index in [0.29, 0.717) is 11.4 Å². The normalized spacial score (nSPS) is 8.69. The van der Waals surface area contributed by atoms with Crippen molar-refractivity contribution in [1.29, 1.82) is 0 Å². The Morgan fingerprint density at radius 2 is 2.46 bits per heavy atom. The van der Waals surface area contributed by atoms with E-state index >= 15 is 0 Å². The van der Waals surface area contributed by atoms with Crippen molar-refractivity contribution in [3.63, 3.8) is 0 Å². The summed E-state index contributed by atoms with van der Waals surface area (Å²) in [4.78, 5) is 18.4. The van der Waals surface area contributed by atoms with Crippen molar-refractivity contribution in [2.24, 2.45) is 4.99 Å². The van der Waals surface area contributed by atoms with Crippen molar-refractivity contribution >= 4 is 29.2 Å². The van der Waals surface area contributed by atoms with Crippen molar-refractivity contribution in [2.45, 2.75) is 0 Å². The molecule has 66 valence electrons. The van der Waals surface area contributed by atoms with Crippen molar-refractivity contribution in [3.8, 4) is 0 Å². The van der Waals surface area contributed by atoms with Crippen LogP contribution in [-0.4, -0.2) is 23.2 Å². The fourth-order valence-electron chi connectivity index (χ4n) is 0.738. The SMILES string of the molecule is COC(=O)c1ccc(N=C=S)nc1. The van der Waals surface area contributed by atoms with Gasteiger partial charge in [-0.25, -0.2) is 9.78 Å². The largest absolute Gasteiger partial charge is 0.465 e. The van der Waals surface area contributed by atoms with Gasteiger partial charge in [0.2, 0.25) is 0 Å². The average Bonchev–Trinajstić information content (AvgIpc) is 2.18. The zero-order chi connectivity index (χ0) is 9.68. The van der Waals surface area contributed by atoms with Crippen LogP contribution in [0.3, 0.4) is 0 Å². The lowest BCUT2D eigenvalue weighted by Gasteiger charge is -1.96. The predicted molar refractivity (Wildman–Crippen MR) is 50.3 cm³/mol. The van der Waals surface area contributed by atoms with E-state index in [-0.39, 0.29) is 0 Å². The van der Waals surface area contributed by atoms with Crippen molar-refractivity contribution in [1.82, 2.24) is 4.98 Å². The summed E-state index contributed by atoms with van der Waals surface area (Å²) < 4.78 is 4.49. The first-order valence-electron chi connectivity index (χ1n) is 3.40. The standard InChI is InChI=1S/C8H6N2O2S/c1-12-8(11)6-2-3-7(9-4-6)10-5-13/h2-4H,1H3. The minimum atomic E-state index is -0.426. The first kappa shape index (κ1) is 9.51. The van der Waals surface area contributed by atoms with E-state index in [1.165, 1.54) is 13.3 Å². The lowest BCUT2D eigenvalue weighted by atomic mass is 10.3. The molecule has 0 saturated heterocycles. The number of methoxy groups -OCH3 is 1. The van der Waals surface area contributed by atoms with E-state index in [0.717, 1.165) is 0 Å². The number of carbonyl (C=O) groups excluding carboxylic acids is 1. The molecular weight excluding hydrogens is 188 g/mol. The van der Waals surface area contributed by atoms with Gasteiger partial charge in [-0.05, 0) is 24.4 Å². The van der Waals surface area contributed by atoms with Gasteiger partial charge in [-0.3, -0.25) is 0 Å². The molecule has 1 aromatic rings. The summed E-state index contributed by atoms with van der Waals surface area (Å²) >= 11 is 4.39. The number of ether oxygens (including phenoxy) is 1. The number of nitrogens with zero attached hydrogens (tertiary/aromatic N) is 2. The lowest BCUT2D eigenvalue weighted by Crippen LogP contribution is -2.00. The lowest BCUT2D eigenvalue weighted by molar-refractivity contribution is 0.0600. The number of aromatic nitrogens is 1. The molecule has 1 heterocycles. The molecule has 0 unspecified atom stereocenters. The third kappa shape index (κ3) is 2.43. The molecule has 1 aromatic heterocycles. The van der Waals surface area contributed by atoms with Gasteiger partial charge in [0.15, 0.2) is 5.82 Å². The second-order valence-corrected chi connectivity index (χ2v) is 2.28. The number of hydrogen-bond acceptors (Lipinski definition) is 5. The highest BCUT2D eigenvalue weighted by atomic mass is 32.1. The van der Waals surface area contributed by atoms with Gasteiger partial charge in [-0.15, -0.1) is 0 Å². The zero-order valence-electron chi connectivity index (χ0n) is 6.85. The highest BCUT2D eigenvalue weighted by molar-refractivity contribution is 7.78. The fraction of sp³-hybridized carbons (Fsp3) is 0.125. The molecule has 5 heteroatoms. The Balaban J connectivity index is 2.93. The number of esters is 1. The van der Waals surface area contributed by atoms with Gasteiger partial charge in [0.1, 0.15) is 0 Å². The zero-order valence-corrected chi connectivity index (χ0v) is 7.67. The minimum absolute atomic E-state index is 0.380. The van der Waals surface area contributed by atoms with Gasteiger partial charge in [0.05, 0.1) is 17.8 Å². The number of hydrogen-bond donors (Lipinski definition) is 0. The third-order valence-corrected chi connectivity index (χ3v) is 1.42. The molecule has 0 spiro atoms. The first-order valence-corrected chi connectivity index (χ1v) is 3.81. The second kappa shape index (κ2) is 4.45. The topological polar surface area (TPSA) is 51.5 Å². The van der Waals surface area contributed by atoms with Crippen LogP contribution in [0.2, 0.25) is 0 Å². The summed E-state index contributed by atoms with van der Waals surface area (Å²) in [5, 5.41) is 2.18. The molecule has 0 aliphatic rings. The monoisotopic (exact) mass is 194 g/mol. The minimum Gasteiger partial charge on any atom is -0.465 e. The molecule has 0 fully saturated rings. The van der Waals surface area contributed by atoms with Crippen molar-refractivity contribution < 1.29 is 9.53 Å². The number of pyridine rings is 1. The molecule has 4 nitrogen and oxygen atoms in total. The van der Waals surface area contributed by atoms with Crippen LogP contribution in [0.4, 0.5) is 5.82 Å². The van der Waals surface area contributed by atoms with E-state index < -0.39 is 5.97 Å². The molecule has 0 N–H and O–H groups in total. The molecule has 0 aliphatic heterocycles. The van der Waals surface area contributed by atoms with E-state index in [9.17, 15) is 4.79 Å². The molecule has 13 heavy (non-hydrogen) atoms. The number of aliphatic imine (C=N–C) groups is 1. The molecule has 0 aromatic carbocycles. The predicted octanol–water partition coefficient (Wildman–Crippen LogP) is 1.60. The van der Waals surface area contributed by atoms with E-state index in [1.807, 2.05) is 0 Å². The van der Waals surface area contributed by atoms with Crippen LogP contribution in [0, 0.1) is 0 Å². The van der Waals surface area contributed by atoms with Gasteiger partial charge < -0.3 is 4.74 Å². The smallest absolute Gasteiger partial charge is 0.339 e. The molecule has 0 radical (unpaired) electrons. The summed E-state index contributed by atoms with van der Waals surface area (Å²) in [7, 11) is 1.31. The Morgan fingerprint density at radius 1 is 1.69 bits per heavy atom. The summed E-state index contributed by atoms with van der Waals surface area (Å²) in [6.45, 7) is 0. The summed E-state index contributed by atoms with van der Waals surface area (Å²) in [5.74, 6) is -0.00645. The van der Waals surface area contributed by atoms with Crippen LogP contribution in [0.1, 0.15) is 10.4 Å². The maximum absolute atomic E-state index is 11.0. The van der Waals surface area contributed by atoms with Gasteiger partial charge in [0, 0.05) is 6.20 Å². The summed E-state index contributed by atoms with van der Waals surface area (Å²) in [6, 6.07) is 3.12.